The molecule has 2 heterocycles. The summed E-state index contributed by atoms with van der Waals surface area (Å²) in [6, 6.07) is 7.95. The number of hydrogen-bond acceptors (Lipinski definition) is 4. The van der Waals surface area contributed by atoms with Gasteiger partial charge in [0.2, 0.25) is 0 Å². The molecular formula is C13H10N4O. The van der Waals surface area contributed by atoms with Crippen LogP contribution in [0.2, 0.25) is 0 Å². The summed E-state index contributed by atoms with van der Waals surface area (Å²) in [5.41, 5.74) is 2.59. The molecule has 0 unspecified atom stereocenters. The van der Waals surface area contributed by atoms with Crippen molar-refractivity contribution >= 4 is 12.1 Å². The Morgan fingerprint density at radius 3 is 2.94 bits per heavy atom. The number of aromatic nitrogens is 4. The summed E-state index contributed by atoms with van der Waals surface area (Å²) in [6.45, 7) is 2.02. The van der Waals surface area contributed by atoms with E-state index < -0.39 is 0 Å². The van der Waals surface area contributed by atoms with Gasteiger partial charge in [-0.3, -0.25) is 9.20 Å². The third-order valence-electron chi connectivity index (χ3n) is 2.70. The van der Waals surface area contributed by atoms with Gasteiger partial charge in [0.15, 0.2) is 12.1 Å². The number of fused-ring (bicyclic) bond motifs is 1. The average molecular weight is 238 g/mol. The fourth-order valence-corrected chi connectivity index (χ4v) is 1.85. The highest BCUT2D eigenvalue weighted by atomic mass is 16.1. The highest BCUT2D eigenvalue weighted by molar-refractivity contribution is 5.74. The number of benzene rings is 1. The first-order chi connectivity index (χ1) is 8.78. The Balaban J connectivity index is 2.26. The Morgan fingerprint density at radius 1 is 1.28 bits per heavy atom. The van der Waals surface area contributed by atoms with Gasteiger partial charge in [0, 0.05) is 23.5 Å². The number of hydrogen-bond donors (Lipinski definition) is 0. The van der Waals surface area contributed by atoms with E-state index in [1.165, 1.54) is 6.20 Å². The summed E-state index contributed by atoms with van der Waals surface area (Å²) in [5.74, 6) is 1.17. The van der Waals surface area contributed by atoms with Crippen molar-refractivity contribution in [2.75, 3.05) is 0 Å². The van der Waals surface area contributed by atoms with Crippen molar-refractivity contribution in [3.05, 3.63) is 47.8 Å². The number of rotatable bonds is 2. The zero-order valence-corrected chi connectivity index (χ0v) is 9.74. The molecule has 18 heavy (non-hydrogen) atoms. The van der Waals surface area contributed by atoms with E-state index >= 15 is 0 Å². The second-order valence-electron chi connectivity index (χ2n) is 4.07. The lowest BCUT2D eigenvalue weighted by molar-refractivity contribution is 0.112. The van der Waals surface area contributed by atoms with Crippen molar-refractivity contribution in [3.8, 4) is 11.4 Å². The van der Waals surface area contributed by atoms with Gasteiger partial charge < -0.3 is 0 Å². The predicted octanol–water partition coefficient (Wildman–Crippen LogP) is 1.91. The Labute approximate surface area is 103 Å². The molecule has 5 heteroatoms. The van der Waals surface area contributed by atoms with Crippen LogP contribution >= 0.6 is 0 Å². The average Bonchev–Trinajstić information content (AvgIpc) is 2.81. The van der Waals surface area contributed by atoms with Crippen molar-refractivity contribution in [2.45, 2.75) is 6.92 Å². The number of carbonyl (C=O) groups is 1. The first-order valence-corrected chi connectivity index (χ1v) is 5.51. The Kier molecular flexibility index (Phi) is 2.37. The second-order valence-corrected chi connectivity index (χ2v) is 4.07. The fourth-order valence-electron chi connectivity index (χ4n) is 1.85. The van der Waals surface area contributed by atoms with E-state index in [4.69, 9.17) is 0 Å². The van der Waals surface area contributed by atoms with Crippen LogP contribution in [0.25, 0.3) is 17.2 Å². The minimum absolute atomic E-state index is 0.483. The maximum atomic E-state index is 10.8. The zero-order chi connectivity index (χ0) is 12.5. The van der Waals surface area contributed by atoms with Crippen LogP contribution in [0.5, 0.6) is 0 Å². The SMILES string of the molecule is Cc1cccc(-c2nnc3ncc(C=O)cn23)c1. The summed E-state index contributed by atoms with van der Waals surface area (Å²) in [5, 5.41) is 8.10. The number of nitrogens with zero attached hydrogens (tertiary/aromatic N) is 4. The molecule has 0 amide bonds. The van der Waals surface area contributed by atoms with E-state index in [2.05, 4.69) is 15.2 Å². The molecule has 3 rings (SSSR count). The van der Waals surface area contributed by atoms with Crippen LogP contribution in [-0.4, -0.2) is 25.9 Å². The van der Waals surface area contributed by atoms with Crippen molar-refractivity contribution in [3.63, 3.8) is 0 Å². The summed E-state index contributed by atoms with van der Waals surface area (Å²) < 4.78 is 1.72. The Morgan fingerprint density at radius 2 is 2.17 bits per heavy atom. The van der Waals surface area contributed by atoms with E-state index in [0.717, 1.165) is 17.4 Å². The maximum absolute atomic E-state index is 10.8. The molecule has 0 saturated carbocycles. The smallest absolute Gasteiger partial charge is 0.255 e. The normalized spacial score (nSPS) is 10.7. The fraction of sp³-hybridized carbons (Fsp3) is 0.0769. The topological polar surface area (TPSA) is 60.2 Å². The molecule has 0 bridgehead atoms. The molecule has 0 N–H and O–H groups in total. The lowest BCUT2D eigenvalue weighted by atomic mass is 10.1. The second kappa shape index (κ2) is 4.03. The molecule has 88 valence electrons. The number of aryl methyl sites for hydroxylation is 1. The molecule has 3 aromatic rings. The van der Waals surface area contributed by atoms with Crippen LogP contribution in [0.4, 0.5) is 0 Å². The summed E-state index contributed by atoms with van der Waals surface area (Å²) in [4.78, 5) is 14.9. The van der Waals surface area contributed by atoms with Crippen molar-refractivity contribution in [1.29, 1.82) is 0 Å². The zero-order valence-electron chi connectivity index (χ0n) is 9.74. The third kappa shape index (κ3) is 1.66. The molecule has 0 aliphatic carbocycles. The Hall–Kier alpha value is -2.56. The van der Waals surface area contributed by atoms with Crippen molar-refractivity contribution in [1.82, 2.24) is 19.6 Å². The quantitative estimate of drug-likeness (QED) is 0.640. The van der Waals surface area contributed by atoms with Gasteiger partial charge in [0.1, 0.15) is 0 Å². The summed E-state index contributed by atoms with van der Waals surface area (Å²) in [7, 11) is 0. The summed E-state index contributed by atoms with van der Waals surface area (Å²) >= 11 is 0. The molecule has 1 aromatic carbocycles. The van der Waals surface area contributed by atoms with Gasteiger partial charge in [-0.1, -0.05) is 23.8 Å². The first kappa shape index (κ1) is 10.6. The van der Waals surface area contributed by atoms with Crippen LogP contribution in [0.15, 0.2) is 36.7 Å². The summed E-state index contributed by atoms with van der Waals surface area (Å²) in [6.07, 6.45) is 3.93. The van der Waals surface area contributed by atoms with E-state index in [0.29, 0.717) is 17.2 Å². The molecule has 0 fully saturated rings. The van der Waals surface area contributed by atoms with Gasteiger partial charge in [-0.05, 0) is 13.0 Å². The van der Waals surface area contributed by atoms with Crippen LogP contribution in [-0.2, 0) is 0 Å². The first-order valence-electron chi connectivity index (χ1n) is 5.51. The van der Waals surface area contributed by atoms with E-state index in [1.807, 2.05) is 31.2 Å². The number of aldehydes is 1. The van der Waals surface area contributed by atoms with Gasteiger partial charge in [0.25, 0.3) is 5.78 Å². The van der Waals surface area contributed by atoms with Gasteiger partial charge in [-0.2, -0.15) is 0 Å². The standard InChI is InChI=1S/C13H10N4O/c1-9-3-2-4-11(5-9)12-15-16-13-14-6-10(8-18)7-17(12)13/h2-8H,1H3. The monoisotopic (exact) mass is 238 g/mol. The lowest BCUT2D eigenvalue weighted by Gasteiger charge is -2.01. The molecule has 0 radical (unpaired) electrons. The molecular weight excluding hydrogens is 228 g/mol. The van der Waals surface area contributed by atoms with Gasteiger partial charge in [-0.25, -0.2) is 4.98 Å². The molecule has 0 aliphatic heterocycles. The van der Waals surface area contributed by atoms with E-state index in [9.17, 15) is 4.79 Å². The van der Waals surface area contributed by atoms with Gasteiger partial charge >= 0.3 is 0 Å². The molecule has 0 spiro atoms. The lowest BCUT2D eigenvalue weighted by Crippen LogP contribution is -1.94. The predicted molar refractivity (Wildman–Crippen MR) is 66.3 cm³/mol. The van der Waals surface area contributed by atoms with Gasteiger partial charge in [-0.15, -0.1) is 10.2 Å². The highest BCUT2D eigenvalue weighted by Gasteiger charge is 2.09. The molecule has 0 aliphatic rings. The molecule has 0 atom stereocenters. The molecule has 5 nitrogen and oxygen atoms in total. The maximum Gasteiger partial charge on any atom is 0.255 e. The molecule has 2 aromatic heterocycles. The van der Waals surface area contributed by atoms with Crippen LogP contribution in [0.1, 0.15) is 15.9 Å². The van der Waals surface area contributed by atoms with Gasteiger partial charge in [0.05, 0.1) is 0 Å². The minimum Gasteiger partial charge on any atom is -0.298 e. The number of carbonyl (C=O) groups excluding carboxylic acids is 1. The van der Waals surface area contributed by atoms with E-state index in [1.54, 1.807) is 10.6 Å². The van der Waals surface area contributed by atoms with E-state index in [-0.39, 0.29) is 0 Å². The van der Waals surface area contributed by atoms with Crippen molar-refractivity contribution < 1.29 is 4.79 Å². The largest absolute Gasteiger partial charge is 0.298 e. The highest BCUT2D eigenvalue weighted by Crippen LogP contribution is 2.18. The third-order valence-corrected chi connectivity index (χ3v) is 2.70. The van der Waals surface area contributed by atoms with Crippen LogP contribution in [0, 0.1) is 6.92 Å². The Bertz CT molecular complexity index is 733. The van der Waals surface area contributed by atoms with Crippen molar-refractivity contribution in [2.24, 2.45) is 0 Å². The van der Waals surface area contributed by atoms with Crippen LogP contribution in [0.3, 0.4) is 0 Å². The minimum atomic E-state index is 0.483. The molecule has 0 saturated heterocycles. The van der Waals surface area contributed by atoms with Crippen LogP contribution < -0.4 is 0 Å².